The Kier molecular flexibility index (Phi) is 4.04. The Morgan fingerprint density at radius 2 is 2.12 bits per heavy atom. The Balaban J connectivity index is 1.96. The van der Waals surface area contributed by atoms with E-state index in [9.17, 15) is 0 Å². The number of aromatic nitrogens is 1. The van der Waals surface area contributed by atoms with Crippen LogP contribution < -0.4 is 11.3 Å². The summed E-state index contributed by atoms with van der Waals surface area (Å²) in [5.74, 6) is 5.58. The molecule has 0 aliphatic carbocycles. The van der Waals surface area contributed by atoms with Crippen molar-refractivity contribution in [2.45, 2.75) is 18.9 Å². The SMILES string of the molecule is NNC(CCc1cccs1)c1ccncc1. The average Bonchev–Trinajstić information content (AvgIpc) is 2.84. The average molecular weight is 233 g/mol. The first kappa shape index (κ1) is 11.3. The molecule has 2 aromatic heterocycles. The van der Waals surface area contributed by atoms with Gasteiger partial charge in [0.1, 0.15) is 0 Å². The van der Waals surface area contributed by atoms with E-state index in [2.05, 4.69) is 27.9 Å². The summed E-state index contributed by atoms with van der Waals surface area (Å²) in [5, 5.41) is 2.10. The normalized spacial score (nSPS) is 12.6. The van der Waals surface area contributed by atoms with Crippen LogP contribution in [0.25, 0.3) is 0 Å². The molecule has 0 aliphatic rings. The van der Waals surface area contributed by atoms with Crippen molar-refractivity contribution in [3.63, 3.8) is 0 Å². The first-order valence-electron chi connectivity index (χ1n) is 5.28. The van der Waals surface area contributed by atoms with Crippen LogP contribution in [0.4, 0.5) is 0 Å². The molecule has 0 saturated carbocycles. The van der Waals surface area contributed by atoms with Crippen molar-refractivity contribution in [3.05, 3.63) is 52.5 Å². The number of aryl methyl sites for hydroxylation is 1. The van der Waals surface area contributed by atoms with Gasteiger partial charge in [0, 0.05) is 23.3 Å². The predicted octanol–water partition coefficient (Wildman–Crippen LogP) is 2.28. The fourth-order valence-electron chi connectivity index (χ4n) is 1.68. The molecule has 2 rings (SSSR count). The number of nitrogens with zero attached hydrogens (tertiary/aromatic N) is 1. The molecule has 0 saturated heterocycles. The maximum Gasteiger partial charge on any atom is 0.0464 e. The fraction of sp³-hybridized carbons (Fsp3) is 0.250. The Labute approximate surface area is 99.3 Å². The molecule has 1 unspecified atom stereocenters. The molecule has 0 bridgehead atoms. The largest absolute Gasteiger partial charge is 0.271 e. The monoisotopic (exact) mass is 233 g/mol. The molecule has 0 fully saturated rings. The van der Waals surface area contributed by atoms with Crippen LogP contribution in [0.5, 0.6) is 0 Å². The van der Waals surface area contributed by atoms with E-state index in [1.165, 1.54) is 10.4 Å². The molecule has 0 aromatic carbocycles. The van der Waals surface area contributed by atoms with E-state index < -0.39 is 0 Å². The number of rotatable bonds is 5. The molecule has 2 heterocycles. The highest BCUT2D eigenvalue weighted by Gasteiger charge is 2.09. The second kappa shape index (κ2) is 5.75. The summed E-state index contributed by atoms with van der Waals surface area (Å²) in [6.07, 6.45) is 5.64. The molecular formula is C12H15N3S. The maximum absolute atomic E-state index is 5.58. The standard InChI is InChI=1S/C12H15N3S/c13-15-12(10-5-7-14-8-6-10)4-3-11-2-1-9-16-11/h1-2,5-9,12,15H,3-4,13H2. The molecule has 0 spiro atoms. The van der Waals surface area contributed by atoms with Gasteiger partial charge in [-0.1, -0.05) is 6.07 Å². The number of nitrogens with two attached hydrogens (primary N) is 1. The van der Waals surface area contributed by atoms with E-state index in [1.54, 1.807) is 23.7 Å². The number of nitrogens with one attached hydrogen (secondary N) is 1. The van der Waals surface area contributed by atoms with Crippen molar-refractivity contribution in [3.8, 4) is 0 Å². The molecule has 84 valence electrons. The van der Waals surface area contributed by atoms with Crippen molar-refractivity contribution in [1.82, 2.24) is 10.4 Å². The lowest BCUT2D eigenvalue weighted by Gasteiger charge is -2.15. The van der Waals surface area contributed by atoms with Gasteiger partial charge < -0.3 is 0 Å². The summed E-state index contributed by atoms with van der Waals surface area (Å²) in [6.45, 7) is 0. The summed E-state index contributed by atoms with van der Waals surface area (Å²) in [7, 11) is 0. The van der Waals surface area contributed by atoms with Crippen molar-refractivity contribution in [2.24, 2.45) is 5.84 Å². The molecule has 16 heavy (non-hydrogen) atoms. The van der Waals surface area contributed by atoms with E-state index in [-0.39, 0.29) is 6.04 Å². The van der Waals surface area contributed by atoms with Crippen LogP contribution in [-0.4, -0.2) is 4.98 Å². The quantitative estimate of drug-likeness (QED) is 0.615. The van der Waals surface area contributed by atoms with Crippen molar-refractivity contribution >= 4 is 11.3 Å². The first-order valence-corrected chi connectivity index (χ1v) is 6.16. The molecule has 3 N–H and O–H groups in total. The highest BCUT2D eigenvalue weighted by Crippen LogP contribution is 2.19. The van der Waals surface area contributed by atoms with Gasteiger partial charge >= 0.3 is 0 Å². The Hall–Kier alpha value is -1.23. The van der Waals surface area contributed by atoms with Gasteiger partial charge in [0.2, 0.25) is 0 Å². The number of pyridine rings is 1. The highest BCUT2D eigenvalue weighted by atomic mass is 32.1. The fourth-order valence-corrected chi connectivity index (χ4v) is 2.41. The summed E-state index contributed by atoms with van der Waals surface area (Å²) in [4.78, 5) is 5.40. The van der Waals surface area contributed by atoms with Gasteiger partial charge in [-0.05, 0) is 42.0 Å². The Morgan fingerprint density at radius 3 is 2.75 bits per heavy atom. The Morgan fingerprint density at radius 1 is 1.31 bits per heavy atom. The highest BCUT2D eigenvalue weighted by molar-refractivity contribution is 7.09. The second-order valence-electron chi connectivity index (χ2n) is 3.62. The second-order valence-corrected chi connectivity index (χ2v) is 4.65. The molecule has 0 radical (unpaired) electrons. The number of hydrazine groups is 1. The van der Waals surface area contributed by atoms with Crippen LogP contribution in [0.15, 0.2) is 42.0 Å². The van der Waals surface area contributed by atoms with E-state index in [0.29, 0.717) is 0 Å². The van der Waals surface area contributed by atoms with Crippen LogP contribution in [-0.2, 0) is 6.42 Å². The molecule has 0 aliphatic heterocycles. The summed E-state index contributed by atoms with van der Waals surface area (Å²) < 4.78 is 0. The van der Waals surface area contributed by atoms with Gasteiger partial charge in [-0.15, -0.1) is 11.3 Å². The molecule has 2 aromatic rings. The van der Waals surface area contributed by atoms with Crippen LogP contribution >= 0.6 is 11.3 Å². The van der Waals surface area contributed by atoms with Crippen molar-refractivity contribution in [2.75, 3.05) is 0 Å². The van der Waals surface area contributed by atoms with Gasteiger partial charge in [0.05, 0.1) is 0 Å². The van der Waals surface area contributed by atoms with Gasteiger partial charge in [-0.3, -0.25) is 16.3 Å². The van der Waals surface area contributed by atoms with E-state index in [4.69, 9.17) is 5.84 Å². The lowest BCUT2D eigenvalue weighted by Crippen LogP contribution is -2.28. The lowest BCUT2D eigenvalue weighted by molar-refractivity contribution is 0.517. The predicted molar refractivity (Wildman–Crippen MR) is 66.9 cm³/mol. The van der Waals surface area contributed by atoms with E-state index in [1.807, 2.05) is 12.1 Å². The zero-order chi connectivity index (χ0) is 11.2. The van der Waals surface area contributed by atoms with Crippen molar-refractivity contribution < 1.29 is 0 Å². The molecule has 0 amide bonds. The minimum Gasteiger partial charge on any atom is -0.271 e. The number of hydrogen-bond donors (Lipinski definition) is 2. The number of hydrogen-bond acceptors (Lipinski definition) is 4. The lowest BCUT2D eigenvalue weighted by atomic mass is 10.0. The third kappa shape index (κ3) is 2.88. The summed E-state index contributed by atoms with van der Waals surface area (Å²) in [6, 6.07) is 8.44. The maximum atomic E-state index is 5.58. The van der Waals surface area contributed by atoms with E-state index in [0.717, 1.165) is 12.8 Å². The topological polar surface area (TPSA) is 50.9 Å². The molecule has 4 heteroatoms. The van der Waals surface area contributed by atoms with Gasteiger partial charge in [-0.25, -0.2) is 0 Å². The molecule has 3 nitrogen and oxygen atoms in total. The van der Waals surface area contributed by atoms with Crippen LogP contribution in [0, 0.1) is 0 Å². The summed E-state index contributed by atoms with van der Waals surface area (Å²) in [5.41, 5.74) is 4.05. The number of thiophene rings is 1. The third-order valence-corrected chi connectivity index (χ3v) is 3.51. The Bertz CT molecular complexity index is 399. The van der Waals surface area contributed by atoms with E-state index >= 15 is 0 Å². The third-order valence-electron chi connectivity index (χ3n) is 2.57. The van der Waals surface area contributed by atoms with Crippen LogP contribution in [0.2, 0.25) is 0 Å². The zero-order valence-corrected chi connectivity index (χ0v) is 9.78. The summed E-state index contributed by atoms with van der Waals surface area (Å²) >= 11 is 1.79. The van der Waals surface area contributed by atoms with Crippen LogP contribution in [0.3, 0.4) is 0 Å². The van der Waals surface area contributed by atoms with Crippen molar-refractivity contribution in [1.29, 1.82) is 0 Å². The smallest absolute Gasteiger partial charge is 0.0464 e. The minimum absolute atomic E-state index is 0.199. The molecule has 1 atom stereocenters. The van der Waals surface area contributed by atoms with Gasteiger partial charge in [0.25, 0.3) is 0 Å². The zero-order valence-electron chi connectivity index (χ0n) is 8.97. The van der Waals surface area contributed by atoms with Crippen LogP contribution in [0.1, 0.15) is 22.9 Å². The minimum atomic E-state index is 0.199. The first-order chi connectivity index (χ1) is 7.90. The van der Waals surface area contributed by atoms with Gasteiger partial charge in [0.15, 0.2) is 0 Å². The molecular weight excluding hydrogens is 218 g/mol. The van der Waals surface area contributed by atoms with Gasteiger partial charge in [-0.2, -0.15) is 0 Å².